The molecule has 1 aliphatic carbocycles. The topological polar surface area (TPSA) is 101 Å². The number of carbonyl (C=O) groups excluding carboxylic acids is 1. The third-order valence-corrected chi connectivity index (χ3v) is 4.97. The van der Waals surface area contributed by atoms with Crippen molar-refractivity contribution in [3.05, 3.63) is 29.8 Å². The average Bonchev–Trinajstić information content (AvgIpc) is 2.36. The summed E-state index contributed by atoms with van der Waals surface area (Å²) in [6.45, 7) is 0.582. The number of sulfonamides is 1. The molecule has 1 amide bonds. The normalized spacial score (nSPS) is 15.4. The summed E-state index contributed by atoms with van der Waals surface area (Å²) in [4.78, 5) is 11.8. The maximum absolute atomic E-state index is 11.8. The van der Waals surface area contributed by atoms with Gasteiger partial charge in [0.2, 0.25) is 10.0 Å². The lowest BCUT2D eigenvalue weighted by atomic mass is 9.86. The molecular formula is C14H21N3O3S. The number of benzene rings is 1. The number of nitrogens with two attached hydrogens (primary N) is 1. The molecule has 21 heavy (non-hydrogen) atoms. The van der Waals surface area contributed by atoms with Gasteiger partial charge in [0.1, 0.15) is 0 Å². The zero-order chi connectivity index (χ0) is 15.3. The summed E-state index contributed by atoms with van der Waals surface area (Å²) >= 11 is 0. The summed E-state index contributed by atoms with van der Waals surface area (Å²) in [6.07, 6.45) is 3.37. The molecule has 0 bridgehead atoms. The Kier molecular flexibility index (Phi) is 5.19. The van der Waals surface area contributed by atoms with Crippen LogP contribution in [-0.4, -0.2) is 33.2 Å². The largest absolute Gasteiger partial charge is 0.399 e. The third kappa shape index (κ3) is 5.02. The van der Waals surface area contributed by atoms with Gasteiger partial charge >= 0.3 is 0 Å². The lowest BCUT2D eigenvalue weighted by Crippen LogP contribution is -2.37. The van der Waals surface area contributed by atoms with E-state index in [4.69, 9.17) is 5.73 Å². The van der Waals surface area contributed by atoms with Crippen LogP contribution < -0.4 is 15.8 Å². The second-order valence-corrected chi connectivity index (χ2v) is 7.27. The van der Waals surface area contributed by atoms with Crippen molar-refractivity contribution in [3.8, 4) is 0 Å². The molecule has 1 aromatic rings. The fourth-order valence-electron chi connectivity index (χ4n) is 2.09. The molecule has 6 nitrogen and oxygen atoms in total. The van der Waals surface area contributed by atoms with E-state index in [0.29, 0.717) is 23.7 Å². The van der Waals surface area contributed by atoms with Crippen molar-refractivity contribution in [1.82, 2.24) is 10.0 Å². The van der Waals surface area contributed by atoms with E-state index in [9.17, 15) is 13.2 Å². The van der Waals surface area contributed by atoms with E-state index in [1.54, 1.807) is 24.3 Å². The molecule has 0 atom stereocenters. The van der Waals surface area contributed by atoms with E-state index in [-0.39, 0.29) is 18.2 Å². The monoisotopic (exact) mass is 311 g/mol. The lowest BCUT2D eigenvalue weighted by Gasteiger charge is -2.25. The molecule has 1 aromatic carbocycles. The van der Waals surface area contributed by atoms with Gasteiger partial charge in [0, 0.05) is 24.3 Å². The van der Waals surface area contributed by atoms with Gasteiger partial charge < -0.3 is 11.1 Å². The zero-order valence-corrected chi connectivity index (χ0v) is 12.7. The lowest BCUT2D eigenvalue weighted by molar-refractivity contribution is 0.0956. The minimum absolute atomic E-state index is 0.0770. The van der Waals surface area contributed by atoms with E-state index >= 15 is 0 Å². The first-order chi connectivity index (χ1) is 9.96. The van der Waals surface area contributed by atoms with Gasteiger partial charge in [0.15, 0.2) is 0 Å². The molecular weight excluding hydrogens is 290 g/mol. The van der Waals surface area contributed by atoms with Gasteiger partial charge in [-0.25, -0.2) is 13.1 Å². The van der Waals surface area contributed by atoms with Crippen LogP contribution in [0.2, 0.25) is 0 Å². The predicted octanol–water partition coefficient (Wildman–Crippen LogP) is 0.718. The van der Waals surface area contributed by atoms with Crippen LogP contribution in [0.5, 0.6) is 0 Å². The van der Waals surface area contributed by atoms with Gasteiger partial charge in [-0.2, -0.15) is 0 Å². The van der Waals surface area contributed by atoms with E-state index in [1.165, 1.54) is 6.42 Å². The van der Waals surface area contributed by atoms with Crippen LogP contribution in [0.25, 0.3) is 0 Å². The molecule has 116 valence electrons. The maximum atomic E-state index is 11.8. The number of amides is 1. The Morgan fingerprint density at radius 1 is 1.33 bits per heavy atom. The average molecular weight is 311 g/mol. The number of hydrogen-bond donors (Lipinski definition) is 3. The Morgan fingerprint density at radius 2 is 2.10 bits per heavy atom. The van der Waals surface area contributed by atoms with Crippen LogP contribution in [0.4, 0.5) is 5.69 Å². The number of nitrogen functional groups attached to an aromatic ring is 1. The van der Waals surface area contributed by atoms with Crippen molar-refractivity contribution in [1.29, 1.82) is 0 Å². The Labute approximate surface area is 125 Å². The smallest absolute Gasteiger partial charge is 0.251 e. The van der Waals surface area contributed by atoms with Gasteiger partial charge in [0.05, 0.1) is 5.75 Å². The van der Waals surface area contributed by atoms with Crippen LogP contribution in [-0.2, 0) is 10.0 Å². The summed E-state index contributed by atoms with van der Waals surface area (Å²) in [5.41, 5.74) is 6.52. The molecule has 1 aliphatic rings. The van der Waals surface area contributed by atoms with E-state index in [2.05, 4.69) is 10.0 Å². The number of hydrogen-bond acceptors (Lipinski definition) is 4. The molecule has 0 unspecified atom stereocenters. The van der Waals surface area contributed by atoms with Gasteiger partial charge in [-0.3, -0.25) is 4.79 Å². The quantitative estimate of drug-likeness (QED) is 0.646. The molecule has 0 spiro atoms. The molecule has 7 heteroatoms. The minimum atomic E-state index is -3.33. The summed E-state index contributed by atoms with van der Waals surface area (Å²) in [6, 6.07) is 6.56. The Balaban J connectivity index is 1.73. The molecule has 0 radical (unpaired) electrons. The SMILES string of the molecule is Nc1cccc(C(=O)NCCS(=O)(=O)NCC2CCC2)c1. The maximum Gasteiger partial charge on any atom is 0.251 e. The summed E-state index contributed by atoms with van der Waals surface area (Å²) in [5, 5.41) is 2.58. The van der Waals surface area contributed by atoms with Crippen molar-refractivity contribution < 1.29 is 13.2 Å². The number of carbonyl (C=O) groups is 1. The van der Waals surface area contributed by atoms with E-state index in [0.717, 1.165) is 12.8 Å². The van der Waals surface area contributed by atoms with Crippen molar-refractivity contribution >= 4 is 21.6 Å². The van der Waals surface area contributed by atoms with Gasteiger partial charge in [-0.15, -0.1) is 0 Å². The first kappa shape index (κ1) is 15.8. The molecule has 0 heterocycles. The molecule has 1 saturated carbocycles. The molecule has 1 fully saturated rings. The highest BCUT2D eigenvalue weighted by Crippen LogP contribution is 2.25. The molecule has 0 aliphatic heterocycles. The Morgan fingerprint density at radius 3 is 2.71 bits per heavy atom. The van der Waals surface area contributed by atoms with E-state index < -0.39 is 10.0 Å². The number of rotatable bonds is 7. The van der Waals surface area contributed by atoms with Crippen molar-refractivity contribution in [2.75, 3.05) is 24.6 Å². The van der Waals surface area contributed by atoms with Crippen LogP contribution in [0.15, 0.2) is 24.3 Å². The highest BCUT2D eigenvalue weighted by molar-refractivity contribution is 7.89. The van der Waals surface area contributed by atoms with Crippen LogP contribution in [0, 0.1) is 5.92 Å². The fraction of sp³-hybridized carbons (Fsp3) is 0.500. The van der Waals surface area contributed by atoms with Crippen LogP contribution in [0.3, 0.4) is 0 Å². The van der Waals surface area contributed by atoms with Gasteiger partial charge in [0.25, 0.3) is 5.91 Å². The van der Waals surface area contributed by atoms with Crippen molar-refractivity contribution in [3.63, 3.8) is 0 Å². The third-order valence-electron chi connectivity index (χ3n) is 3.62. The summed E-state index contributed by atoms with van der Waals surface area (Å²) < 4.78 is 26.1. The first-order valence-corrected chi connectivity index (χ1v) is 8.72. The first-order valence-electron chi connectivity index (χ1n) is 7.07. The highest BCUT2D eigenvalue weighted by atomic mass is 32.2. The minimum Gasteiger partial charge on any atom is -0.399 e. The van der Waals surface area contributed by atoms with Crippen molar-refractivity contribution in [2.45, 2.75) is 19.3 Å². The highest BCUT2D eigenvalue weighted by Gasteiger charge is 2.20. The fourth-order valence-corrected chi connectivity index (χ4v) is 3.10. The summed E-state index contributed by atoms with van der Waals surface area (Å²) in [5.74, 6) is 0.0338. The standard InChI is InChI=1S/C14H21N3O3S/c15-13-6-2-5-12(9-13)14(18)16-7-8-21(19,20)17-10-11-3-1-4-11/h2,5-6,9,11,17H,1,3-4,7-8,10,15H2,(H,16,18). The molecule has 2 rings (SSSR count). The summed E-state index contributed by atoms with van der Waals surface area (Å²) in [7, 11) is -3.33. The molecule has 4 N–H and O–H groups in total. The van der Waals surface area contributed by atoms with Crippen LogP contribution >= 0.6 is 0 Å². The second-order valence-electron chi connectivity index (χ2n) is 5.35. The number of anilines is 1. The second kappa shape index (κ2) is 6.91. The number of nitrogens with one attached hydrogen (secondary N) is 2. The molecule has 0 aromatic heterocycles. The zero-order valence-electron chi connectivity index (χ0n) is 11.8. The van der Waals surface area contributed by atoms with Crippen molar-refractivity contribution in [2.24, 2.45) is 5.92 Å². The molecule has 0 saturated heterocycles. The van der Waals surface area contributed by atoms with Gasteiger partial charge in [-0.1, -0.05) is 12.5 Å². The van der Waals surface area contributed by atoms with Crippen LogP contribution in [0.1, 0.15) is 29.6 Å². The Bertz CT molecular complexity index is 597. The Hall–Kier alpha value is -1.60. The van der Waals surface area contributed by atoms with E-state index in [1.807, 2.05) is 0 Å². The van der Waals surface area contributed by atoms with Gasteiger partial charge in [-0.05, 0) is 37.0 Å². The predicted molar refractivity (Wildman–Crippen MR) is 82.3 cm³/mol.